The van der Waals surface area contributed by atoms with Gasteiger partial charge in [-0.05, 0) is 54.9 Å². The van der Waals surface area contributed by atoms with E-state index >= 15 is 0 Å². The van der Waals surface area contributed by atoms with Crippen LogP contribution in [0.2, 0.25) is 5.02 Å². The molecule has 2 aromatic carbocycles. The van der Waals surface area contributed by atoms with E-state index in [4.69, 9.17) is 11.6 Å². The van der Waals surface area contributed by atoms with E-state index in [0.29, 0.717) is 11.6 Å². The Hall–Kier alpha value is -1.01. The van der Waals surface area contributed by atoms with Crippen LogP contribution in [0.5, 0.6) is 0 Å². The maximum atomic E-state index is 10.9. The van der Waals surface area contributed by atoms with Crippen LogP contribution < -0.4 is 4.90 Å². The Balaban J connectivity index is 0.00000156. The second-order valence-electron chi connectivity index (χ2n) is 5.83. The first kappa shape index (κ1) is 16.8. The second-order valence-corrected chi connectivity index (χ2v) is 7.28. The van der Waals surface area contributed by atoms with Gasteiger partial charge in [-0.25, -0.2) is 4.99 Å². The molecular weight excluding hydrogens is 396 g/mol. The third-order valence-electron chi connectivity index (χ3n) is 4.08. The Kier molecular flexibility index (Phi) is 4.25. The molecule has 4 rings (SSSR count). The Morgan fingerprint density at radius 3 is 2.61 bits per heavy atom. The van der Waals surface area contributed by atoms with Crippen molar-refractivity contribution < 1.29 is 5.11 Å². The summed E-state index contributed by atoms with van der Waals surface area (Å²) in [5, 5.41) is 12.5. The summed E-state index contributed by atoms with van der Waals surface area (Å²) < 4.78 is 0. The fourth-order valence-electron chi connectivity index (χ4n) is 3.11. The number of anilines is 1. The van der Waals surface area contributed by atoms with Crippen molar-refractivity contribution >= 4 is 51.2 Å². The van der Waals surface area contributed by atoms with E-state index in [-0.39, 0.29) is 17.0 Å². The van der Waals surface area contributed by atoms with Crippen molar-refractivity contribution in [2.75, 3.05) is 11.4 Å². The molecule has 2 aliphatic heterocycles. The SMILES string of the molecule is Br.Cc1cc(C)c2c(c1)SC1=NC(O)(c3ccc(Cl)cc3)CN12. The second kappa shape index (κ2) is 5.81. The average Bonchev–Trinajstić information content (AvgIpc) is 2.92. The van der Waals surface area contributed by atoms with Gasteiger partial charge in [-0.1, -0.05) is 29.8 Å². The number of aliphatic hydroxyl groups is 1. The molecule has 23 heavy (non-hydrogen) atoms. The molecule has 0 saturated carbocycles. The highest BCUT2D eigenvalue weighted by atomic mass is 79.9. The molecule has 0 radical (unpaired) electrons. The molecule has 0 fully saturated rings. The van der Waals surface area contributed by atoms with Gasteiger partial charge in [0, 0.05) is 15.5 Å². The number of hydrogen-bond donors (Lipinski definition) is 1. The van der Waals surface area contributed by atoms with Crippen molar-refractivity contribution in [2.45, 2.75) is 24.5 Å². The molecule has 6 heteroatoms. The number of hydrogen-bond acceptors (Lipinski definition) is 4. The Bertz CT molecular complexity index is 809. The zero-order chi connectivity index (χ0) is 15.5. The van der Waals surface area contributed by atoms with E-state index in [2.05, 4.69) is 35.9 Å². The molecule has 0 saturated heterocycles. The first-order valence-corrected chi connectivity index (χ1v) is 8.31. The van der Waals surface area contributed by atoms with Crippen molar-refractivity contribution in [3.05, 3.63) is 58.1 Å². The van der Waals surface area contributed by atoms with Crippen LogP contribution in [0.4, 0.5) is 5.69 Å². The van der Waals surface area contributed by atoms with Gasteiger partial charge in [0.05, 0.1) is 12.2 Å². The number of aliphatic imine (C=N–C) groups is 1. The predicted octanol–water partition coefficient (Wildman–Crippen LogP) is 4.66. The normalized spacial score (nSPS) is 21.6. The van der Waals surface area contributed by atoms with Gasteiger partial charge < -0.3 is 10.0 Å². The van der Waals surface area contributed by atoms with E-state index in [9.17, 15) is 5.11 Å². The minimum atomic E-state index is -1.21. The molecule has 3 nitrogen and oxygen atoms in total. The Morgan fingerprint density at radius 1 is 1.22 bits per heavy atom. The quantitative estimate of drug-likeness (QED) is 0.741. The number of amidine groups is 1. The van der Waals surface area contributed by atoms with Crippen molar-refractivity contribution in [1.29, 1.82) is 0 Å². The zero-order valence-electron chi connectivity index (χ0n) is 12.7. The van der Waals surface area contributed by atoms with Crippen molar-refractivity contribution in [2.24, 2.45) is 4.99 Å². The fourth-order valence-corrected chi connectivity index (χ4v) is 4.51. The monoisotopic (exact) mass is 410 g/mol. The number of benzene rings is 2. The zero-order valence-corrected chi connectivity index (χ0v) is 16.0. The van der Waals surface area contributed by atoms with Gasteiger partial charge in [-0.2, -0.15) is 0 Å². The summed E-state index contributed by atoms with van der Waals surface area (Å²) >= 11 is 7.56. The summed E-state index contributed by atoms with van der Waals surface area (Å²) in [4.78, 5) is 7.92. The summed E-state index contributed by atoms with van der Waals surface area (Å²) in [6.07, 6.45) is 0. The first-order chi connectivity index (χ1) is 10.5. The summed E-state index contributed by atoms with van der Waals surface area (Å²) in [5.41, 5.74) is 3.19. The molecule has 2 heterocycles. The molecule has 0 bridgehead atoms. The van der Waals surface area contributed by atoms with Crippen LogP contribution in [0.3, 0.4) is 0 Å². The average molecular weight is 412 g/mol. The minimum Gasteiger partial charge on any atom is -0.364 e. The fraction of sp³-hybridized carbons (Fsp3) is 0.235. The summed E-state index contributed by atoms with van der Waals surface area (Å²) in [6, 6.07) is 11.6. The third kappa shape index (κ3) is 2.70. The molecule has 1 unspecified atom stereocenters. The maximum absolute atomic E-state index is 10.9. The molecule has 0 aliphatic carbocycles. The Labute approximate surface area is 155 Å². The smallest absolute Gasteiger partial charge is 0.203 e. The number of fused-ring (bicyclic) bond motifs is 3. The van der Waals surface area contributed by atoms with Crippen LogP contribution in [0.25, 0.3) is 0 Å². The molecule has 1 N–H and O–H groups in total. The van der Waals surface area contributed by atoms with Crippen molar-refractivity contribution in [3.63, 3.8) is 0 Å². The molecule has 1 atom stereocenters. The van der Waals surface area contributed by atoms with E-state index in [1.165, 1.54) is 21.7 Å². The predicted molar refractivity (Wildman–Crippen MR) is 102 cm³/mol. The topological polar surface area (TPSA) is 35.8 Å². The summed E-state index contributed by atoms with van der Waals surface area (Å²) in [5.74, 6) is 0. The molecule has 2 aromatic rings. The van der Waals surface area contributed by atoms with Crippen molar-refractivity contribution in [3.8, 4) is 0 Å². The van der Waals surface area contributed by atoms with Gasteiger partial charge in [-0.3, -0.25) is 0 Å². The molecule has 0 spiro atoms. The lowest BCUT2D eigenvalue weighted by molar-refractivity contribution is 0.0647. The van der Waals surface area contributed by atoms with Gasteiger partial charge in [0.15, 0.2) is 5.17 Å². The standard InChI is InChI=1S/C17H15ClN2OS.BrH/c1-10-7-11(2)15-14(8-10)22-16-19-17(21,9-20(15)16)12-3-5-13(18)6-4-12;/h3-8,21H,9H2,1-2H3;1H. The number of aryl methyl sites for hydroxylation is 2. The van der Waals surface area contributed by atoms with Crippen LogP contribution in [0.15, 0.2) is 46.3 Å². The van der Waals surface area contributed by atoms with Crippen LogP contribution in [0.1, 0.15) is 16.7 Å². The number of halogens is 2. The summed E-state index contributed by atoms with van der Waals surface area (Å²) in [7, 11) is 0. The molecular formula is C17H16BrClN2OS. The lowest BCUT2D eigenvalue weighted by atomic mass is 10.0. The van der Waals surface area contributed by atoms with Gasteiger partial charge in [0.25, 0.3) is 0 Å². The first-order valence-electron chi connectivity index (χ1n) is 7.11. The number of rotatable bonds is 1. The molecule has 0 amide bonds. The van der Waals surface area contributed by atoms with Gasteiger partial charge >= 0.3 is 0 Å². The highest BCUT2D eigenvalue weighted by Gasteiger charge is 2.44. The van der Waals surface area contributed by atoms with Gasteiger partial charge in [-0.15, -0.1) is 17.0 Å². The van der Waals surface area contributed by atoms with E-state index < -0.39 is 5.72 Å². The lowest BCUT2D eigenvalue weighted by Gasteiger charge is -2.23. The van der Waals surface area contributed by atoms with Crippen LogP contribution in [-0.4, -0.2) is 16.8 Å². The van der Waals surface area contributed by atoms with Crippen molar-refractivity contribution in [1.82, 2.24) is 0 Å². The molecule has 0 aromatic heterocycles. The number of thioether (sulfide) groups is 1. The van der Waals surface area contributed by atoms with E-state index in [1.807, 2.05) is 12.1 Å². The van der Waals surface area contributed by atoms with E-state index in [1.54, 1.807) is 23.9 Å². The maximum Gasteiger partial charge on any atom is 0.203 e. The largest absolute Gasteiger partial charge is 0.364 e. The highest BCUT2D eigenvalue weighted by Crippen LogP contribution is 2.48. The summed E-state index contributed by atoms with van der Waals surface area (Å²) in [6.45, 7) is 4.64. The van der Waals surface area contributed by atoms with Gasteiger partial charge in [0.2, 0.25) is 5.72 Å². The number of nitrogens with zero attached hydrogens (tertiary/aromatic N) is 2. The van der Waals surface area contributed by atoms with Gasteiger partial charge in [0.1, 0.15) is 0 Å². The molecule has 120 valence electrons. The lowest BCUT2D eigenvalue weighted by Crippen LogP contribution is -2.32. The minimum absolute atomic E-state index is 0. The third-order valence-corrected chi connectivity index (χ3v) is 5.35. The van der Waals surface area contributed by atoms with Crippen LogP contribution in [0, 0.1) is 13.8 Å². The highest BCUT2D eigenvalue weighted by molar-refractivity contribution is 8.93. The molecule has 2 aliphatic rings. The Morgan fingerprint density at radius 2 is 1.91 bits per heavy atom. The van der Waals surface area contributed by atoms with E-state index in [0.717, 1.165) is 10.7 Å². The van der Waals surface area contributed by atoms with Crippen LogP contribution >= 0.6 is 40.3 Å². The van der Waals surface area contributed by atoms with Crippen LogP contribution in [-0.2, 0) is 5.72 Å².